The van der Waals surface area contributed by atoms with Gasteiger partial charge in [-0.3, -0.25) is 4.99 Å². The molecule has 0 amide bonds. The first-order chi connectivity index (χ1) is 13.4. The summed E-state index contributed by atoms with van der Waals surface area (Å²) < 4.78 is 55.4. The van der Waals surface area contributed by atoms with Crippen LogP contribution in [0.1, 0.15) is 16.7 Å². The first-order valence-electron chi connectivity index (χ1n) is 8.48. The number of ether oxygens (including phenoxy) is 3. The van der Waals surface area contributed by atoms with Crippen LogP contribution in [0.3, 0.4) is 0 Å². The van der Waals surface area contributed by atoms with Crippen molar-refractivity contribution in [3.63, 3.8) is 0 Å². The summed E-state index contributed by atoms with van der Waals surface area (Å²) >= 11 is 0. The van der Waals surface area contributed by atoms with E-state index in [0.29, 0.717) is 24.0 Å². The molecule has 29 heavy (non-hydrogen) atoms. The second kappa shape index (κ2) is 9.90. The largest absolute Gasteiger partial charge is 0.497 e. The Morgan fingerprint density at radius 2 is 1.79 bits per heavy atom. The third-order valence-corrected chi connectivity index (χ3v) is 4.19. The van der Waals surface area contributed by atoms with Gasteiger partial charge in [0.25, 0.3) is 0 Å². The van der Waals surface area contributed by atoms with E-state index in [4.69, 9.17) is 14.2 Å². The Morgan fingerprint density at radius 3 is 2.48 bits per heavy atom. The summed E-state index contributed by atoms with van der Waals surface area (Å²) in [6.07, 6.45) is -4.48. The fraction of sp³-hybridized carbons (Fsp3) is 0.316. The van der Waals surface area contributed by atoms with Crippen molar-refractivity contribution in [1.29, 1.82) is 0 Å². The van der Waals surface area contributed by atoms with Crippen molar-refractivity contribution in [1.82, 2.24) is 10.6 Å². The maximum absolute atomic E-state index is 13.3. The minimum Gasteiger partial charge on any atom is -0.497 e. The van der Waals surface area contributed by atoms with Gasteiger partial charge < -0.3 is 24.8 Å². The molecule has 158 valence electrons. The Morgan fingerprint density at radius 1 is 1.07 bits per heavy atom. The van der Waals surface area contributed by atoms with Crippen LogP contribution in [0.4, 0.5) is 13.2 Å². The first kappa shape index (κ1) is 22.9. The smallest absolute Gasteiger partial charge is 0.416 e. The van der Waals surface area contributed by atoms with Crippen LogP contribution in [0.25, 0.3) is 0 Å². The molecule has 10 heteroatoms. The molecule has 2 aromatic rings. The number of fused-ring (bicyclic) bond motifs is 1. The molecule has 0 aliphatic carbocycles. The fourth-order valence-corrected chi connectivity index (χ4v) is 2.74. The summed E-state index contributed by atoms with van der Waals surface area (Å²) in [5, 5.41) is 5.96. The van der Waals surface area contributed by atoms with Crippen molar-refractivity contribution in [2.45, 2.75) is 19.3 Å². The van der Waals surface area contributed by atoms with E-state index in [-0.39, 0.29) is 48.6 Å². The van der Waals surface area contributed by atoms with Crippen LogP contribution < -0.4 is 24.8 Å². The van der Waals surface area contributed by atoms with Crippen LogP contribution in [0, 0.1) is 0 Å². The van der Waals surface area contributed by atoms with E-state index in [9.17, 15) is 13.2 Å². The van der Waals surface area contributed by atoms with Gasteiger partial charge in [0.1, 0.15) is 5.75 Å². The second-order valence-corrected chi connectivity index (χ2v) is 5.99. The Hall–Kier alpha value is -2.37. The molecule has 1 aliphatic heterocycles. The van der Waals surface area contributed by atoms with Crippen molar-refractivity contribution in [3.8, 4) is 17.2 Å². The number of alkyl halides is 3. The van der Waals surface area contributed by atoms with E-state index in [1.165, 1.54) is 19.2 Å². The van der Waals surface area contributed by atoms with Crippen molar-refractivity contribution < 1.29 is 27.4 Å². The van der Waals surface area contributed by atoms with Crippen LogP contribution in [0.15, 0.2) is 41.4 Å². The first-order valence-corrected chi connectivity index (χ1v) is 8.48. The number of rotatable bonds is 5. The average Bonchev–Trinajstić information content (AvgIpc) is 3.15. The molecule has 0 atom stereocenters. The Bertz CT molecular complexity index is 876. The summed E-state index contributed by atoms with van der Waals surface area (Å²) in [6.45, 7) is 0.573. The minimum atomic E-state index is -4.48. The van der Waals surface area contributed by atoms with Gasteiger partial charge in [-0.25, -0.2) is 0 Å². The monoisotopic (exact) mass is 523 g/mol. The number of guanidine groups is 1. The molecular weight excluding hydrogens is 502 g/mol. The molecule has 3 rings (SSSR count). The molecule has 2 aromatic carbocycles. The van der Waals surface area contributed by atoms with Gasteiger partial charge in [-0.15, -0.1) is 24.0 Å². The van der Waals surface area contributed by atoms with E-state index in [1.54, 1.807) is 7.05 Å². The molecule has 0 spiro atoms. The van der Waals surface area contributed by atoms with Crippen LogP contribution in [0.5, 0.6) is 17.2 Å². The predicted molar refractivity (Wildman–Crippen MR) is 113 cm³/mol. The zero-order valence-electron chi connectivity index (χ0n) is 15.8. The molecule has 0 radical (unpaired) electrons. The Kier molecular flexibility index (Phi) is 7.82. The van der Waals surface area contributed by atoms with Crippen molar-refractivity contribution >= 4 is 29.9 Å². The lowest BCUT2D eigenvalue weighted by molar-refractivity contribution is -0.138. The fourth-order valence-electron chi connectivity index (χ4n) is 2.74. The molecule has 0 saturated heterocycles. The van der Waals surface area contributed by atoms with Gasteiger partial charge in [0.05, 0.1) is 12.7 Å². The summed E-state index contributed by atoms with van der Waals surface area (Å²) in [4.78, 5) is 4.05. The van der Waals surface area contributed by atoms with Crippen molar-refractivity contribution in [3.05, 3.63) is 53.1 Å². The number of hydrogen-bond acceptors (Lipinski definition) is 4. The van der Waals surface area contributed by atoms with Crippen LogP contribution in [-0.4, -0.2) is 26.9 Å². The average molecular weight is 523 g/mol. The maximum atomic E-state index is 13.3. The van der Waals surface area contributed by atoms with Gasteiger partial charge in [0.2, 0.25) is 6.79 Å². The van der Waals surface area contributed by atoms with E-state index in [2.05, 4.69) is 15.6 Å². The molecule has 0 saturated carbocycles. The zero-order chi connectivity index (χ0) is 20.1. The zero-order valence-corrected chi connectivity index (χ0v) is 18.1. The number of methoxy groups -OCH3 is 1. The molecule has 2 N–H and O–H groups in total. The maximum Gasteiger partial charge on any atom is 0.416 e. The number of aliphatic imine (C=N–C) groups is 1. The normalized spacial score (nSPS) is 12.9. The highest BCUT2D eigenvalue weighted by atomic mass is 127. The van der Waals surface area contributed by atoms with Crippen LogP contribution in [-0.2, 0) is 19.3 Å². The number of nitrogens with zero attached hydrogens (tertiary/aromatic N) is 1. The van der Waals surface area contributed by atoms with Gasteiger partial charge in [-0.05, 0) is 35.4 Å². The van der Waals surface area contributed by atoms with Crippen molar-refractivity contribution in [2.24, 2.45) is 4.99 Å². The molecule has 0 aromatic heterocycles. The lowest BCUT2D eigenvalue weighted by Crippen LogP contribution is -2.36. The predicted octanol–water partition coefficient (Wildman–Crippen LogP) is 3.93. The van der Waals surface area contributed by atoms with E-state index < -0.39 is 11.7 Å². The molecule has 0 unspecified atom stereocenters. The molecular formula is C19H21F3IN3O3. The van der Waals surface area contributed by atoms with Crippen LogP contribution in [0.2, 0.25) is 0 Å². The Labute approximate surface area is 183 Å². The third-order valence-electron chi connectivity index (χ3n) is 4.19. The van der Waals surface area contributed by atoms with Gasteiger partial charge >= 0.3 is 6.18 Å². The quantitative estimate of drug-likeness (QED) is 0.354. The SMILES string of the molecule is CN=C(NCc1ccc2c(c1)OCO2)NCc1ccc(OC)cc1C(F)(F)F.I. The van der Waals surface area contributed by atoms with Gasteiger partial charge in [0.15, 0.2) is 17.5 Å². The lowest BCUT2D eigenvalue weighted by Gasteiger charge is -2.17. The van der Waals surface area contributed by atoms with E-state index in [0.717, 1.165) is 11.6 Å². The van der Waals surface area contributed by atoms with E-state index in [1.807, 2.05) is 18.2 Å². The summed E-state index contributed by atoms with van der Waals surface area (Å²) in [5.41, 5.74) is 0.275. The van der Waals surface area contributed by atoms with E-state index >= 15 is 0 Å². The number of hydrogen-bond donors (Lipinski definition) is 2. The van der Waals surface area contributed by atoms with Crippen molar-refractivity contribution in [2.75, 3.05) is 21.0 Å². The highest BCUT2D eigenvalue weighted by Crippen LogP contribution is 2.34. The van der Waals surface area contributed by atoms with Gasteiger partial charge in [-0.2, -0.15) is 13.2 Å². The number of benzene rings is 2. The highest BCUT2D eigenvalue weighted by Gasteiger charge is 2.33. The van der Waals surface area contributed by atoms with Crippen LogP contribution >= 0.6 is 24.0 Å². The molecule has 0 bridgehead atoms. The summed E-state index contributed by atoms with van der Waals surface area (Å²) in [7, 11) is 2.88. The number of halogens is 4. The topological polar surface area (TPSA) is 64.1 Å². The lowest BCUT2D eigenvalue weighted by atomic mass is 10.1. The molecule has 1 aliphatic rings. The van der Waals surface area contributed by atoms with Gasteiger partial charge in [0, 0.05) is 20.1 Å². The molecule has 1 heterocycles. The second-order valence-electron chi connectivity index (χ2n) is 5.99. The summed E-state index contributed by atoms with van der Waals surface area (Å²) in [6, 6.07) is 9.39. The third kappa shape index (κ3) is 5.81. The minimum absolute atomic E-state index is 0. The van der Waals surface area contributed by atoms with Gasteiger partial charge in [-0.1, -0.05) is 12.1 Å². The molecule has 0 fully saturated rings. The highest BCUT2D eigenvalue weighted by molar-refractivity contribution is 14.0. The standard InChI is InChI=1S/C19H20F3N3O3.HI/c1-23-18(24-9-12-3-6-16-17(7-12)28-11-27-16)25-10-13-4-5-14(26-2)8-15(13)19(20,21)22;/h3-8H,9-11H2,1-2H3,(H2,23,24,25);1H. The summed E-state index contributed by atoms with van der Waals surface area (Å²) in [5.74, 6) is 1.88. The molecule has 6 nitrogen and oxygen atoms in total. The Balaban J connectivity index is 0.00000300. The number of nitrogens with one attached hydrogen (secondary N) is 2.